The number of thiophene rings is 1. The van der Waals surface area contributed by atoms with Crippen molar-refractivity contribution in [3.63, 3.8) is 0 Å². The first kappa shape index (κ1) is 21.4. The number of fused-ring (bicyclic) bond motifs is 1. The Kier molecular flexibility index (Phi) is 7.31. The van der Waals surface area contributed by atoms with E-state index in [1.807, 2.05) is 17.0 Å². The fraction of sp³-hybridized carbons (Fsp3) is 0.478. The van der Waals surface area contributed by atoms with Gasteiger partial charge in [0.2, 0.25) is 5.91 Å². The van der Waals surface area contributed by atoms with E-state index in [9.17, 15) is 4.79 Å². The van der Waals surface area contributed by atoms with Crippen molar-refractivity contribution in [1.29, 1.82) is 0 Å². The summed E-state index contributed by atoms with van der Waals surface area (Å²) in [6.07, 6.45) is 1.35. The van der Waals surface area contributed by atoms with Gasteiger partial charge in [0.05, 0.1) is 6.54 Å². The molecular formula is C23H32N4OS. The molecule has 1 aromatic heterocycles. The monoisotopic (exact) mass is 412 g/mol. The third-order valence-electron chi connectivity index (χ3n) is 5.22. The van der Waals surface area contributed by atoms with Crippen LogP contribution in [0, 0.1) is 0 Å². The van der Waals surface area contributed by atoms with Gasteiger partial charge in [-0.25, -0.2) is 0 Å². The number of carbonyl (C=O) groups excluding carboxylic acids is 1. The van der Waals surface area contributed by atoms with Crippen LogP contribution in [-0.4, -0.2) is 36.4 Å². The van der Waals surface area contributed by atoms with E-state index in [0.29, 0.717) is 13.0 Å². The third-order valence-corrected chi connectivity index (χ3v) is 6.45. The fourth-order valence-electron chi connectivity index (χ4n) is 3.47. The Labute approximate surface area is 178 Å². The topological polar surface area (TPSA) is 56.7 Å². The van der Waals surface area contributed by atoms with Crippen LogP contribution >= 0.6 is 11.3 Å². The van der Waals surface area contributed by atoms with Gasteiger partial charge in [-0.1, -0.05) is 44.2 Å². The summed E-state index contributed by atoms with van der Waals surface area (Å²) in [7, 11) is 0. The van der Waals surface area contributed by atoms with E-state index in [-0.39, 0.29) is 11.3 Å². The third kappa shape index (κ3) is 5.82. The average molecular weight is 413 g/mol. The van der Waals surface area contributed by atoms with E-state index in [1.165, 1.54) is 16.0 Å². The summed E-state index contributed by atoms with van der Waals surface area (Å²) in [4.78, 5) is 20.6. The zero-order valence-corrected chi connectivity index (χ0v) is 18.5. The molecule has 1 amide bonds. The molecule has 6 heteroatoms. The normalized spacial score (nSPS) is 14.0. The number of amides is 1. The van der Waals surface area contributed by atoms with E-state index in [1.54, 1.807) is 11.3 Å². The minimum absolute atomic E-state index is 0.0112. The summed E-state index contributed by atoms with van der Waals surface area (Å²) in [5, 5.41) is 8.79. The molecule has 1 aliphatic rings. The number of aliphatic imine (C=N–C) groups is 1. The second-order valence-electron chi connectivity index (χ2n) is 8.11. The molecule has 3 rings (SSSR count). The Hall–Kier alpha value is -2.34. The van der Waals surface area contributed by atoms with E-state index in [2.05, 4.69) is 61.1 Å². The number of rotatable bonds is 8. The lowest BCUT2D eigenvalue weighted by atomic mass is 9.92. The summed E-state index contributed by atoms with van der Waals surface area (Å²) in [5.74, 6) is 1.04. The van der Waals surface area contributed by atoms with Gasteiger partial charge in [-0.05, 0) is 35.9 Å². The van der Waals surface area contributed by atoms with Crippen LogP contribution in [0.5, 0.6) is 0 Å². The second-order valence-corrected chi connectivity index (χ2v) is 9.05. The van der Waals surface area contributed by atoms with E-state index >= 15 is 0 Å². The molecule has 156 valence electrons. The number of nitrogens with one attached hydrogen (secondary N) is 2. The minimum atomic E-state index is 0.0112. The highest BCUT2D eigenvalue weighted by molar-refractivity contribution is 7.10. The van der Waals surface area contributed by atoms with Crippen molar-refractivity contribution in [2.24, 2.45) is 4.99 Å². The first-order valence-electron chi connectivity index (χ1n) is 10.4. The number of benzene rings is 1. The zero-order valence-electron chi connectivity index (χ0n) is 17.7. The first-order chi connectivity index (χ1) is 14.0. The first-order valence-corrected chi connectivity index (χ1v) is 11.3. The fourth-order valence-corrected chi connectivity index (χ4v) is 4.32. The SMILES string of the molecule is CCNC(=NCC(C)(C)c1cccs1)NCCCC(=O)N1Cc2ccccc2C1. The summed E-state index contributed by atoms with van der Waals surface area (Å²) in [6, 6.07) is 12.6. The van der Waals surface area contributed by atoms with Crippen LogP contribution in [0.15, 0.2) is 46.8 Å². The molecule has 0 radical (unpaired) electrons. The van der Waals surface area contributed by atoms with Crippen molar-refractivity contribution in [1.82, 2.24) is 15.5 Å². The summed E-state index contributed by atoms with van der Waals surface area (Å²) >= 11 is 1.77. The van der Waals surface area contributed by atoms with E-state index in [0.717, 1.165) is 38.6 Å². The Bertz CT molecular complexity index is 804. The average Bonchev–Trinajstić information content (AvgIpc) is 3.39. The lowest BCUT2D eigenvalue weighted by Gasteiger charge is -2.22. The Morgan fingerprint density at radius 2 is 1.86 bits per heavy atom. The molecule has 1 aromatic carbocycles. The maximum absolute atomic E-state index is 12.5. The van der Waals surface area contributed by atoms with Crippen LogP contribution in [0.4, 0.5) is 0 Å². The number of nitrogens with zero attached hydrogens (tertiary/aromatic N) is 2. The van der Waals surface area contributed by atoms with Gasteiger partial charge < -0.3 is 15.5 Å². The molecule has 2 N–H and O–H groups in total. The van der Waals surface area contributed by atoms with Crippen LogP contribution in [-0.2, 0) is 23.3 Å². The van der Waals surface area contributed by atoms with Crippen LogP contribution in [0.25, 0.3) is 0 Å². The maximum atomic E-state index is 12.5. The van der Waals surface area contributed by atoms with Gasteiger partial charge in [0, 0.05) is 42.9 Å². The van der Waals surface area contributed by atoms with Crippen molar-refractivity contribution in [2.75, 3.05) is 19.6 Å². The molecule has 5 nitrogen and oxygen atoms in total. The van der Waals surface area contributed by atoms with Gasteiger partial charge in [-0.15, -0.1) is 11.3 Å². The Morgan fingerprint density at radius 3 is 2.48 bits per heavy atom. The van der Waals surface area contributed by atoms with Crippen LogP contribution in [0.3, 0.4) is 0 Å². The summed E-state index contributed by atoms with van der Waals surface area (Å²) in [5.41, 5.74) is 2.56. The highest BCUT2D eigenvalue weighted by Gasteiger charge is 2.23. The predicted octanol–water partition coefficient (Wildman–Crippen LogP) is 3.90. The predicted molar refractivity (Wildman–Crippen MR) is 121 cm³/mol. The molecule has 0 fully saturated rings. The molecule has 0 saturated heterocycles. The van der Waals surface area contributed by atoms with Crippen LogP contribution in [0.2, 0.25) is 0 Å². The Balaban J connectivity index is 1.43. The molecule has 2 heterocycles. The lowest BCUT2D eigenvalue weighted by Crippen LogP contribution is -2.39. The molecule has 0 bridgehead atoms. The maximum Gasteiger partial charge on any atom is 0.223 e. The number of hydrogen-bond donors (Lipinski definition) is 2. The van der Waals surface area contributed by atoms with Crippen LogP contribution in [0.1, 0.15) is 49.6 Å². The molecule has 0 spiro atoms. The molecule has 0 saturated carbocycles. The molecular weight excluding hydrogens is 380 g/mol. The van der Waals surface area contributed by atoms with Crippen LogP contribution < -0.4 is 10.6 Å². The quantitative estimate of drug-likeness (QED) is 0.393. The van der Waals surface area contributed by atoms with Gasteiger partial charge in [-0.3, -0.25) is 9.79 Å². The molecule has 29 heavy (non-hydrogen) atoms. The van der Waals surface area contributed by atoms with Crippen molar-refractivity contribution in [3.05, 3.63) is 57.8 Å². The highest BCUT2D eigenvalue weighted by Crippen LogP contribution is 2.27. The van der Waals surface area contributed by atoms with Gasteiger partial charge in [-0.2, -0.15) is 0 Å². The second kappa shape index (κ2) is 9.92. The van der Waals surface area contributed by atoms with Crippen molar-refractivity contribution in [3.8, 4) is 0 Å². The van der Waals surface area contributed by atoms with Crippen molar-refractivity contribution >= 4 is 23.2 Å². The van der Waals surface area contributed by atoms with Gasteiger partial charge in [0.1, 0.15) is 0 Å². The molecule has 1 aliphatic heterocycles. The number of hydrogen-bond acceptors (Lipinski definition) is 3. The Morgan fingerprint density at radius 1 is 1.14 bits per heavy atom. The molecule has 0 atom stereocenters. The summed E-state index contributed by atoms with van der Waals surface area (Å²) in [6.45, 7) is 10.3. The van der Waals surface area contributed by atoms with Gasteiger partial charge in [0.15, 0.2) is 5.96 Å². The highest BCUT2D eigenvalue weighted by atomic mass is 32.1. The van der Waals surface area contributed by atoms with E-state index in [4.69, 9.17) is 4.99 Å². The standard InChI is InChI=1S/C23H32N4OS/c1-4-24-22(26-17-23(2,3)20-11-8-14-29-20)25-13-7-12-21(28)27-15-18-9-5-6-10-19(18)16-27/h5-6,8-11,14H,4,7,12-13,15-17H2,1-3H3,(H2,24,25,26). The van der Waals surface area contributed by atoms with Crippen molar-refractivity contribution < 1.29 is 4.79 Å². The smallest absolute Gasteiger partial charge is 0.223 e. The summed E-state index contributed by atoms with van der Waals surface area (Å²) < 4.78 is 0. The van der Waals surface area contributed by atoms with Gasteiger partial charge in [0.25, 0.3) is 0 Å². The molecule has 2 aromatic rings. The zero-order chi connectivity index (χ0) is 20.7. The molecule has 0 aliphatic carbocycles. The number of carbonyl (C=O) groups is 1. The number of guanidine groups is 1. The molecule has 0 unspecified atom stereocenters. The van der Waals surface area contributed by atoms with Gasteiger partial charge >= 0.3 is 0 Å². The lowest BCUT2D eigenvalue weighted by molar-refractivity contribution is -0.131. The minimum Gasteiger partial charge on any atom is -0.357 e. The van der Waals surface area contributed by atoms with Crippen molar-refractivity contribution in [2.45, 2.75) is 52.1 Å². The largest absolute Gasteiger partial charge is 0.357 e. The van der Waals surface area contributed by atoms with E-state index < -0.39 is 0 Å².